The highest BCUT2D eigenvalue weighted by molar-refractivity contribution is 5.79. The third kappa shape index (κ3) is 6.45. The molecule has 1 aromatic carbocycles. The fraction of sp³-hybridized carbons (Fsp3) is 0.591. The van der Waals surface area contributed by atoms with E-state index >= 15 is 0 Å². The fourth-order valence-corrected chi connectivity index (χ4v) is 3.82. The molecule has 1 aliphatic rings. The van der Waals surface area contributed by atoms with E-state index in [0.717, 1.165) is 77.0 Å². The van der Waals surface area contributed by atoms with Crippen molar-refractivity contribution in [1.82, 2.24) is 30.3 Å². The van der Waals surface area contributed by atoms with Crippen molar-refractivity contribution in [2.45, 2.75) is 33.2 Å². The fourth-order valence-electron chi connectivity index (χ4n) is 3.82. The molecule has 2 N–H and O–H groups in total. The first-order chi connectivity index (χ1) is 14.7. The minimum absolute atomic E-state index is 0.797. The number of nitrogens with zero attached hydrogens (tertiary/aromatic N) is 6. The lowest BCUT2D eigenvalue weighted by Gasteiger charge is -2.36. The Hall–Kier alpha value is -2.61. The highest BCUT2D eigenvalue weighted by Crippen LogP contribution is 2.17. The summed E-state index contributed by atoms with van der Waals surface area (Å²) in [7, 11) is 1.82. The first-order valence-electron chi connectivity index (χ1n) is 11.0. The maximum absolute atomic E-state index is 4.32. The van der Waals surface area contributed by atoms with Gasteiger partial charge in [-0.05, 0) is 37.6 Å². The van der Waals surface area contributed by atoms with Gasteiger partial charge in [0.1, 0.15) is 12.2 Å². The number of hydrogen-bond donors (Lipinski definition) is 2. The Morgan fingerprint density at radius 3 is 2.63 bits per heavy atom. The lowest BCUT2D eigenvalue weighted by Crippen LogP contribution is -2.47. The molecule has 1 aromatic heterocycles. The van der Waals surface area contributed by atoms with E-state index in [4.69, 9.17) is 0 Å². The van der Waals surface area contributed by atoms with Crippen LogP contribution in [0.15, 0.2) is 35.6 Å². The summed E-state index contributed by atoms with van der Waals surface area (Å²) in [5.41, 5.74) is 2.68. The number of guanidine groups is 1. The molecule has 8 nitrogen and oxygen atoms in total. The van der Waals surface area contributed by atoms with Gasteiger partial charge in [0.15, 0.2) is 5.96 Å². The molecule has 164 valence electrons. The molecule has 2 heterocycles. The van der Waals surface area contributed by atoms with Crippen LogP contribution in [0.1, 0.15) is 24.7 Å². The predicted octanol–water partition coefficient (Wildman–Crippen LogP) is 1.53. The smallest absolute Gasteiger partial charge is 0.191 e. The van der Waals surface area contributed by atoms with E-state index in [1.54, 1.807) is 6.33 Å². The minimum atomic E-state index is 0.797. The van der Waals surface area contributed by atoms with E-state index in [0.29, 0.717) is 0 Å². The predicted molar refractivity (Wildman–Crippen MR) is 123 cm³/mol. The second-order valence-corrected chi connectivity index (χ2v) is 7.74. The summed E-state index contributed by atoms with van der Waals surface area (Å²) in [5.74, 6) is 1.87. The SMILES string of the molecule is CCc1nncn1CCNC(=NC)NCCCN1CCN(c2cccc(C)c2)CC1. The summed E-state index contributed by atoms with van der Waals surface area (Å²) < 4.78 is 2.08. The monoisotopic (exact) mass is 412 g/mol. The second kappa shape index (κ2) is 11.5. The third-order valence-electron chi connectivity index (χ3n) is 5.56. The first kappa shape index (κ1) is 22.1. The van der Waals surface area contributed by atoms with Gasteiger partial charge < -0.3 is 20.1 Å². The van der Waals surface area contributed by atoms with Crippen LogP contribution in [-0.2, 0) is 13.0 Å². The molecular weight excluding hydrogens is 376 g/mol. The van der Waals surface area contributed by atoms with Gasteiger partial charge >= 0.3 is 0 Å². The summed E-state index contributed by atoms with van der Waals surface area (Å²) in [6, 6.07) is 8.81. The quantitative estimate of drug-likeness (QED) is 0.370. The Labute approximate surface area is 180 Å². The molecule has 0 aliphatic carbocycles. The number of anilines is 1. The Morgan fingerprint density at radius 2 is 1.90 bits per heavy atom. The van der Waals surface area contributed by atoms with E-state index in [9.17, 15) is 0 Å². The number of nitrogens with one attached hydrogen (secondary N) is 2. The van der Waals surface area contributed by atoms with Crippen LogP contribution < -0.4 is 15.5 Å². The molecule has 8 heteroatoms. The van der Waals surface area contributed by atoms with Gasteiger partial charge in [0.05, 0.1) is 0 Å². The van der Waals surface area contributed by atoms with Gasteiger partial charge in [-0.2, -0.15) is 0 Å². The van der Waals surface area contributed by atoms with Gasteiger partial charge in [0, 0.05) is 65.0 Å². The van der Waals surface area contributed by atoms with Crippen molar-refractivity contribution in [3.05, 3.63) is 42.0 Å². The van der Waals surface area contributed by atoms with Crippen LogP contribution in [0, 0.1) is 6.92 Å². The van der Waals surface area contributed by atoms with Crippen LogP contribution in [0.4, 0.5) is 5.69 Å². The van der Waals surface area contributed by atoms with E-state index in [-0.39, 0.29) is 0 Å². The van der Waals surface area contributed by atoms with Gasteiger partial charge in [-0.1, -0.05) is 19.1 Å². The highest BCUT2D eigenvalue weighted by atomic mass is 15.3. The summed E-state index contributed by atoms with van der Waals surface area (Å²) in [4.78, 5) is 9.37. The molecule has 0 spiro atoms. The topological polar surface area (TPSA) is 73.6 Å². The summed E-state index contributed by atoms with van der Waals surface area (Å²) in [6.45, 7) is 12.4. The molecule has 30 heavy (non-hydrogen) atoms. The minimum Gasteiger partial charge on any atom is -0.369 e. The van der Waals surface area contributed by atoms with Gasteiger partial charge in [-0.15, -0.1) is 10.2 Å². The number of rotatable bonds is 9. The lowest BCUT2D eigenvalue weighted by molar-refractivity contribution is 0.255. The second-order valence-electron chi connectivity index (χ2n) is 7.74. The summed E-state index contributed by atoms with van der Waals surface area (Å²) in [6.07, 6.45) is 3.79. The zero-order valence-electron chi connectivity index (χ0n) is 18.6. The van der Waals surface area contributed by atoms with Crippen molar-refractivity contribution in [3.63, 3.8) is 0 Å². The van der Waals surface area contributed by atoms with Crippen LogP contribution in [0.2, 0.25) is 0 Å². The van der Waals surface area contributed by atoms with Crippen molar-refractivity contribution in [1.29, 1.82) is 0 Å². The van der Waals surface area contributed by atoms with Crippen LogP contribution in [-0.4, -0.2) is 78.5 Å². The van der Waals surface area contributed by atoms with Crippen LogP contribution in [0.25, 0.3) is 0 Å². The van der Waals surface area contributed by atoms with E-state index in [1.165, 1.54) is 11.3 Å². The number of aromatic nitrogens is 3. The van der Waals surface area contributed by atoms with E-state index in [2.05, 4.69) is 78.3 Å². The van der Waals surface area contributed by atoms with Gasteiger partial charge in [-0.25, -0.2) is 0 Å². The number of aryl methyl sites for hydroxylation is 2. The first-order valence-corrected chi connectivity index (χ1v) is 11.0. The highest BCUT2D eigenvalue weighted by Gasteiger charge is 2.16. The molecular formula is C22H36N8. The number of piperazine rings is 1. The molecule has 0 radical (unpaired) electrons. The molecule has 2 aromatic rings. The van der Waals surface area contributed by atoms with E-state index in [1.807, 2.05) is 7.05 Å². The van der Waals surface area contributed by atoms with Gasteiger partial charge in [0.25, 0.3) is 0 Å². The molecule has 0 unspecified atom stereocenters. The Bertz CT molecular complexity index is 792. The van der Waals surface area contributed by atoms with Crippen molar-refractivity contribution >= 4 is 11.6 Å². The summed E-state index contributed by atoms with van der Waals surface area (Å²) in [5, 5.41) is 14.9. The Kier molecular flexibility index (Phi) is 8.50. The molecule has 3 rings (SSSR count). The molecule has 0 atom stereocenters. The van der Waals surface area contributed by atoms with Gasteiger partial charge in [0.2, 0.25) is 0 Å². The third-order valence-corrected chi connectivity index (χ3v) is 5.56. The van der Waals surface area contributed by atoms with Crippen LogP contribution in [0.3, 0.4) is 0 Å². The van der Waals surface area contributed by atoms with Crippen LogP contribution in [0.5, 0.6) is 0 Å². The Balaban J connectivity index is 1.29. The molecule has 0 bridgehead atoms. The molecule has 1 aliphatic heterocycles. The van der Waals surface area contributed by atoms with Crippen molar-refractivity contribution in [2.24, 2.45) is 4.99 Å². The number of benzene rings is 1. The maximum atomic E-state index is 4.32. The zero-order valence-corrected chi connectivity index (χ0v) is 18.6. The standard InChI is InChI=1S/C22H36N8/c1-4-21-27-26-18-30(21)12-10-25-22(23-3)24-9-6-11-28-13-15-29(16-14-28)20-8-5-7-19(2)17-20/h5,7-8,17-18H,4,6,9-16H2,1-3H3,(H2,23,24,25). The molecule has 1 saturated heterocycles. The van der Waals surface area contributed by atoms with Crippen molar-refractivity contribution < 1.29 is 0 Å². The molecule has 1 fully saturated rings. The molecule has 0 amide bonds. The average molecular weight is 413 g/mol. The number of aliphatic imine (C=N–C) groups is 1. The van der Waals surface area contributed by atoms with Crippen molar-refractivity contribution in [2.75, 3.05) is 57.8 Å². The summed E-state index contributed by atoms with van der Waals surface area (Å²) >= 11 is 0. The average Bonchev–Trinajstić information content (AvgIpc) is 3.23. The normalized spacial score (nSPS) is 15.4. The van der Waals surface area contributed by atoms with Crippen LogP contribution >= 0.6 is 0 Å². The Morgan fingerprint density at radius 1 is 1.10 bits per heavy atom. The maximum Gasteiger partial charge on any atom is 0.191 e. The molecule has 0 saturated carbocycles. The lowest BCUT2D eigenvalue weighted by atomic mass is 10.2. The largest absolute Gasteiger partial charge is 0.369 e. The van der Waals surface area contributed by atoms with Gasteiger partial charge in [-0.3, -0.25) is 9.89 Å². The zero-order chi connectivity index (χ0) is 21.2. The van der Waals surface area contributed by atoms with E-state index < -0.39 is 0 Å². The number of hydrogen-bond acceptors (Lipinski definition) is 5. The van der Waals surface area contributed by atoms with Crippen molar-refractivity contribution in [3.8, 4) is 0 Å².